The quantitative estimate of drug-likeness (QED) is 0.316. The molecule has 0 aromatic rings. The molecule has 1 heterocycles. The zero-order valence-corrected chi connectivity index (χ0v) is 20.1. The zero-order valence-electron chi connectivity index (χ0n) is 20.1. The summed E-state index contributed by atoms with van der Waals surface area (Å²) in [5, 5.41) is 6.39. The number of nitrogens with one attached hydrogen (secondary N) is 2. The monoisotopic (exact) mass is 428 g/mol. The average Bonchev–Trinajstić information content (AvgIpc) is 2.66. The number of ether oxygens (including phenoxy) is 3. The van der Waals surface area contributed by atoms with Crippen molar-refractivity contribution in [2.75, 3.05) is 47.0 Å². The normalized spacial score (nSPS) is 17.0. The summed E-state index contributed by atoms with van der Waals surface area (Å²) in [6.07, 6.45) is 3.69. The molecule has 1 saturated heterocycles. The fraction of sp³-hybridized carbons (Fsp3) is 0.909. The van der Waals surface area contributed by atoms with Crippen LogP contribution in [0.25, 0.3) is 0 Å². The van der Waals surface area contributed by atoms with Crippen molar-refractivity contribution in [2.45, 2.75) is 78.0 Å². The molecule has 1 fully saturated rings. The van der Waals surface area contributed by atoms with Crippen molar-refractivity contribution >= 4 is 12.1 Å². The van der Waals surface area contributed by atoms with Gasteiger partial charge in [-0.1, -0.05) is 13.8 Å². The van der Waals surface area contributed by atoms with Gasteiger partial charge in [-0.05, 0) is 52.4 Å². The number of alkyl carbamates (subject to hydrolysis) is 1. The third-order valence-corrected chi connectivity index (χ3v) is 4.98. The first kappa shape index (κ1) is 26.5. The van der Waals surface area contributed by atoms with E-state index in [9.17, 15) is 4.79 Å². The molecular weight excluding hydrogens is 384 g/mol. The minimum absolute atomic E-state index is 0.0354. The van der Waals surface area contributed by atoms with E-state index >= 15 is 0 Å². The molecule has 0 radical (unpaired) electrons. The van der Waals surface area contributed by atoms with Crippen LogP contribution in [0.4, 0.5) is 4.79 Å². The van der Waals surface area contributed by atoms with Crippen LogP contribution in [0.2, 0.25) is 0 Å². The molecule has 30 heavy (non-hydrogen) atoms. The van der Waals surface area contributed by atoms with Crippen molar-refractivity contribution in [2.24, 2.45) is 10.9 Å². The second-order valence-corrected chi connectivity index (χ2v) is 9.22. The van der Waals surface area contributed by atoms with Crippen molar-refractivity contribution in [1.29, 1.82) is 0 Å². The van der Waals surface area contributed by atoms with E-state index in [1.54, 1.807) is 7.05 Å². The maximum atomic E-state index is 12.1. The number of carbonyl (C=O) groups is 1. The van der Waals surface area contributed by atoms with Gasteiger partial charge in [0.05, 0.1) is 6.10 Å². The molecular formula is C22H44N4O4. The van der Waals surface area contributed by atoms with Crippen LogP contribution < -0.4 is 10.6 Å². The van der Waals surface area contributed by atoms with Crippen LogP contribution >= 0.6 is 0 Å². The Kier molecular flexibility index (Phi) is 12.1. The smallest absolute Gasteiger partial charge is 0.407 e. The second-order valence-electron chi connectivity index (χ2n) is 9.22. The molecule has 0 aliphatic carbocycles. The van der Waals surface area contributed by atoms with Crippen LogP contribution in [0, 0.1) is 5.92 Å². The Morgan fingerprint density at radius 1 is 1.27 bits per heavy atom. The van der Waals surface area contributed by atoms with Gasteiger partial charge in [0, 0.05) is 53.0 Å². The first-order valence-electron chi connectivity index (χ1n) is 11.2. The molecule has 1 rings (SSSR count). The number of aliphatic imine (C=N–C) groups is 1. The molecule has 1 aliphatic rings. The Morgan fingerprint density at radius 2 is 1.93 bits per heavy atom. The van der Waals surface area contributed by atoms with Crippen LogP contribution in [-0.4, -0.2) is 81.7 Å². The van der Waals surface area contributed by atoms with E-state index in [1.807, 2.05) is 27.8 Å². The highest BCUT2D eigenvalue weighted by Crippen LogP contribution is 2.12. The van der Waals surface area contributed by atoms with E-state index in [-0.39, 0.29) is 12.1 Å². The predicted molar refractivity (Wildman–Crippen MR) is 121 cm³/mol. The molecule has 1 aliphatic heterocycles. The molecule has 0 spiro atoms. The molecule has 1 atom stereocenters. The molecule has 0 saturated carbocycles. The van der Waals surface area contributed by atoms with Gasteiger partial charge < -0.3 is 29.7 Å². The lowest BCUT2D eigenvalue weighted by molar-refractivity contribution is -0.0320. The van der Waals surface area contributed by atoms with Gasteiger partial charge in [0.2, 0.25) is 0 Å². The van der Waals surface area contributed by atoms with Gasteiger partial charge in [0.1, 0.15) is 5.60 Å². The highest BCUT2D eigenvalue weighted by molar-refractivity contribution is 5.79. The van der Waals surface area contributed by atoms with Crippen LogP contribution in [0.3, 0.4) is 0 Å². The van der Waals surface area contributed by atoms with Gasteiger partial charge >= 0.3 is 6.09 Å². The molecule has 2 N–H and O–H groups in total. The van der Waals surface area contributed by atoms with E-state index < -0.39 is 5.60 Å². The van der Waals surface area contributed by atoms with Crippen LogP contribution in [0.1, 0.15) is 60.3 Å². The summed E-state index contributed by atoms with van der Waals surface area (Å²) in [4.78, 5) is 18.6. The Morgan fingerprint density at radius 3 is 2.50 bits per heavy atom. The molecule has 1 amide bonds. The van der Waals surface area contributed by atoms with Crippen LogP contribution in [0.15, 0.2) is 4.99 Å². The minimum atomic E-state index is -0.497. The van der Waals surface area contributed by atoms with E-state index in [0.29, 0.717) is 12.0 Å². The van der Waals surface area contributed by atoms with Gasteiger partial charge in [0.15, 0.2) is 5.96 Å². The summed E-state index contributed by atoms with van der Waals surface area (Å²) in [7, 11) is 3.80. The van der Waals surface area contributed by atoms with E-state index in [4.69, 9.17) is 14.2 Å². The number of rotatable bonds is 10. The lowest BCUT2D eigenvalue weighted by atomic mass is 10.0. The number of carbonyl (C=O) groups excluding carboxylic acids is 1. The number of nitrogens with zero attached hydrogens (tertiary/aromatic N) is 2. The summed E-state index contributed by atoms with van der Waals surface area (Å²) in [6.45, 7) is 13.8. The molecule has 1 unspecified atom stereocenters. The average molecular weight is 429 g/mol. The lowest BCUT2D eigenvalue weighted by Gasteiger charge is -2.28. The van der Waals surface area contributed by atoms with Gasteiger partial charge in [-0.15, -0.1) is 0 Å². The maximum Gasteiger partial charge on any atom is 0.407 e. The maximum absolute atomic E-state index is 12.1. The fourth-order valence-electron chi connectivity index (χ4n) is 3.22. The van der Waals surface area contributed by atoms with E-state index in [2.05, 4.69) is 34.4 Å². The first-order valence-corrected chi connectivity index (χ1v) is 11.2. The number of hydrogen-bond acceptors (Lipinski definition) is 5. The number of amides is 1. The van der Waals surface area contributed by atoms with Crippen molar-refractivity contribution in [1.82, 2.24) is 15.5 Å². The first-order chi connectivity index (χ1) is 14.1. The van der Waals surface area contributed by atoms with Gasteiger partial charge in [-0.2, -0.15) is 0 Å². The van der Waals surface area contributed by atoms with Crippen molar-refractivity contribution < 1.29 is 19.0 Å². The highest BCUT2D eigenvalue weighted by atomic mass is 16.6. The third-order valence-electron chi connectivity index (χ3n) is 4.98. The SMILES string of the molecule is CN=C(NCCCOC1CCOCC1)N(C)CCC(NC(=O)OC(C)(C)C)C(C)C. The van der Waals surface area contributed by atoms with Crippen LogP contribution in [-0.2, 0) is 14.2 Å². The zero-order chi connectivity index (χ0) is 22.6. The number of hydrogen-bond donors (Lipinski definition) is 2. The molecule has 8 heteroatoms. The summed E-state index contributed by atoms with van der Waals surface area (Å²) in [5.41, 5.74) is -0.497. The lowest BCUT2D eigenvalue weighted by Crippen LogP contribution is -2.45. The fourth-order valence-corrected chi connectivity index (χ4v) is 3.22. The predicted octanol–water partition coefficient (Wildman–Crippen LogP) is 3.02. The Hall–Kier alpha value is -1.54. The standard InChI is InChI=1S/C22H44N4O4/c1-17(2)19(25-21(27)30-22(3,4)5)9-13-26(7)20(23-6)24-12-8-14-29-18-10-15-28-16-11-18/h17-19H,8-16H2,1-7H3,(H,23,24)(H,25,27). The summed E-state index contributed by atoms with van der Waals surface area (Å²) in [6, 6.07) is 0.0354. The topological polar surface area (TPSA) is 84.4 Å². The van der Waals surface area contributed by atoms with E-state index in [1.165, 1.54) is 0 Å². The Labute approximate surface area is 183 Å². The Bertz CT molecular complexity index is 514. The summed E-state index contributed by atoms with van der Waals surface area (Å²) in [5.74, 6) is 1.16. The van der Waals surface area contributed by atoms with Gasteiger partial charge in [0.25, 0.3) is 0 Å². The highest BCUT2D eigenvalue weighted by Gasteiger charge is 2.22. The summed E-state index contributed by atoms with van der Waals surface area (Å²) >= 11 is 0. The van der Waals surface area contributed by atoms with Gasteiger partial charge in [-0.3, -0.25) is 4.99 Å². The minimum Gasteiger partial charge on any atom is -0.444 e. The van der Waals surface area contributed by atoms with Gasteiger partial charge in [-0.25, -0.2) is 4.79 Å². The second kappa shape index (κ2) is 13.7. The van der Waals surface area contributed by atoms with Crippen molar-refractivity contribution in [3.8, 4) is 0 Å². The summed E-state index contributed by atoms with van der Waals surface area (Å²) < 4.78 is 16.7. The molecule has 0 bridgehead atoms. The number of guanidine groups is 1. The molecule has 0 aromatic carbocycles. The van der Waals surface area contributed by atoms with Crippen LogP contribution in [0.5, 0.6) is 0 Å². The molecule has 8 nitrogen and oxygen atoms in total. The van der Waals surface area contributed by atoms with Crippen molar-refractivity contribution in [3.05, 3.63) is 0 Å². The molecule has 176 valence electrons. The largest absolute Gasteiger partial charge is 0.444 e. The Balaban J connectivity index is 2.32. The third kappa shape index (κ3) is 11.6. The van der Waals surface area contributed by atoms with E-state index in [0.717, 1.165) is 64.6 Å². The van der Waals surface area contributed by atoms with Crippen molar-refractivity contribution in [3.63, 3.8) is 0 Å². The molecule has 0 aromatic heterocycles.